The van der Waals surface area contributed by atoms with E-state index in [1.807, 2.05) is 43.3 Å². The Hall–Kier alpha value is -2.36. The normalized spacial score (nSPS) is 11.8. The first-order valence-electron chi connectivity index (χ1n) is 8.19. The standard InChI is InChI=1S/C19H25N3O/c1-4-15(3)21-17-11-12-18(20-13-17)19(23)22(5-2)14-16-9-7-6-8-10-16/h6-13,15,21H,4-5,14H2,1-3H3. The summed E-state index contributed by atoms with van der Waals surface area (Å²) in [5.74, 6) is -0.0357. The fraction of sp³-hybridized carbons (Fsp3) is 0.368. The van der Waals surface area contributed by atoms with Gasteiger partial charge in [0.15, 0.2) is 0 Å². The molecule has 1 atom stereocenters. The lowest BCUT2D eigenvalue weighted by molar-refractivity contribution is 0.0746. The number of nitrogens with one attached hydrogen (secondary N) is 1. The summed E-state index contributed by atoms with van der Waals surface area (Å²) in [5.41, 5.74) is 2.55. The molecule has 0 fully saturated rings. The van der Waals surface area contributed by atoms with Crippen molar-refractivity contribution in [3.05, 3.63) is 59.9 Å². The number of carbonyl (C=O) groups excluding carboxylic acids is 1. The minimum Gasteiger partial charge on any atom is -0.381 e. The van der Waals surface area contributed by atoms with Crippen LogP contribution in [0.4, 0.5) is 5.69 Å². The molecule has 0 spiro atoms. The summed E-state index contributed by atoms with van der Waals surface area (Å²) in [6, 6.07) is 14.1. The maximum Gasteiger partial charge on any atom is 0.272 e. The van der Waals surface area contributed by atoms with Gasteiger partial charge in [0, 0.05) is 19.1 Å². The van der Waals surface area contributed by atoms with Crippen LogP contribution in [0.15, 0.2) is 48.7 Å². The van der Waals surface area contributed by atoms with Gasteiger partial charge in [0.2, 0.25) is 0 Å². The van der Waals surface area contributed by atoms with Gasteiger partial charge in [0.05, 0.1) is 11.9 Å². The molecule has 2 aromatic rings. The Morgan fingerprint density at radius 2 is 1.91 bits per heavy atom. The Balaban J connectivity index is 2.05. The lowest BCUT2D eigenvalue weighted by atomic mass is 10.2. The molecule has 0 bridgehead atoms. The molecular formula is C19H25N3O. The molecule has 0 aliphatic rings. The molecule has 0 saturated carbocycles. The maximum atomic E-state index is 12.6. The maximum absolute atomic E-state index is 12.6. The highest BCUT2D eigenvalue weighted by molar-refractivity contribution is 5.92. The molecule has 0 aliphatic heterocycles. The smallest absolute Gasteiger partial charge is 0.272 e. The van der Waals surface area contributed by atoms with Crippen LogP contribution in [-0.4, -0.2) is 28.4 Å². The average molecular weight is 311 g/mol. The number of aromatic nitrogens is 1. The van der Waals surface area contributed by atoms with E-state index in [1.165, 1.54) is 0 Å². The zero-order chi connectivity index (χ0) is 16.7. The SMILES string of the molecule is CCC(C)Nc1ccc(C(=O)N(CC)Cc2ccccc2)nc1. The number of anilines is 1. The topological polar surface area (TPSA) is 45.2 Å². The molecule has 23 heavy (non-hydrogen) atoms. The molecule has 4 heteroatoms. The molecule has 1 aromatic carbocycles. The minimum atomic E-state index is -0.0357. The van der Waals surface area contributed by atoms with E-state index in [2.05, 4.69) is 24.1 Å². The molecular weight excluding hydrogens is 286 g/mol. The fourth-order valence-corrected chi connectivity index (χ4v) is 2.29. The minimum absolute atomic E-state index is 0.0357. The number of hydrogen-bond donors (Lipinski definition) is 1. The van der Waals surface area contributed by atoms with E-state index in [0.717, 1.165) is 17.7 Å². The number of rotatable bonds is 7. The largest absolute Gasteiger partial charge is 0.381 e. The summed E-state index contributed by atoms with van der Waals surface area (Å²) in [5, 5.41) is 3.35. The van der Waals surface area contributed by atoms with Crippen LogP contribution >= 0.6 is 0 Å². The van der Waals surface area contributed by atoms with Crippen LogP contribution in [0.3, 0.4) is 0 Å². The number of carbonyl (C=O) groups is 1. The van der Waals surface area contributed by atoms with E-state index in [9.17, 15) is 4.79 Å². The molecule has 4 nitrogen and oxygen atoms in total. The molecule has 1 aromatic heterocycles. The molecule has 0 saturated heterocycles. The molecule has 1 N–H and O–H groups in total. The summed E-state index contributed by atoms with van der Waals surface area (Å²) < 4.78 is 0. The van der Waals surface area contributed by atoms with Gasteiger partial charge in [-0.1, -0.05) is 37.3 Å². The molecule has 1 heterocycles. The van der Waals surface area contributed by atoms with E-state index in [-0.39, 0.29) is 5.91 Å². The van der Waals surface area contributed by atoms with Gasteiger partial charge in [-0.3, -0.25) is 4.79 Å². The second kappa shape index (κ2) is 8.32. The van der Waals surface area contributed by atoms with Crippen LogP contribution in [-0.2, 0) is 6.54 Å². The van der Waals surface area contributed by atoms with Crippen molar-refractivity contribution in [2.24, 2.45) is 0 Å². The van der Waals surface area contributed by atoms with E-state index in [1.54, 1.807) is 17.2 Å². The summed E-state index contributed by atoms with van der Waals surface area (Å²) >= 11 is 0. The average Bonchev–Trinajstić information content (AvgIpc) is 2.60. The first-order valence-corrected chi connectivity index (χ1v) is 8.19. The molecule has 1 amide bonds. The number of pyridine rings is 1. The summed E-state index contributed by atoms with van der Waals surface area (Å²) in [6.45, 7) is 7.50. The van der Waals surface area contributed by atoms with Gasteiger partial charge in [-0.05, 0) is 38.0 Å². The Labute approximate surface area is 138 Å². The molecule has 1 unspecified atom stereocenters. The monoisotopic (exact) mass is 311 g/mol. The molecule has 0 aliphatic carbocycles. The van der Waals surface area contributed by atoms with Gasteiger partial charge in [-0.2, -0.15) is 0 Å². The van der Waals surface area contributed by atoms with E-state index in [0.29, 0.717) is 24.8 Å². The second-order valence-electron chi connectivity index (χ2n) is 5.69. The van der Waals surface area contributed by atoms with Crippen molar-refractivity contribution in [1.82, 2.24) is 9.88 Å². The van der Waals surface area contributed by atoms with Crippen LogP contribution in [0.5, 0.6) is 0 Å². The Morgan fingerprint density at radius 3 is 2.48 bits per heavy atom. The Kier molecular flexibility index (Phi) is 6.15. The van der Waals surface area contributed by atoms with Crippen LogP contribution in [0, 0.1) is 0 Å². The van der Waals surface area contributed by atoms with Gasteiger partial charge in [-0.15, -0.1) is 0 Å². The van der Waals surface area contributed by atoms with E-state index >= 15 is 0 Å². The van der Waals surface area contributed by atoms with Crippen molar-refractivity contribution in [3.8, 4) is 0 Å². The Bertz CT molecular complexity index is 610. The molecule has 2 rings (SSSR count). The number of amides is 1. The predicted octanol–water partition coefficient (Wildman–Crippen LogP) is 3.95. The fourth-order valence-electron chi connectivity index (χ4n) is 2.29. The predicted molar refractivity (Wildman–Crippen MR) is 94.5 cm³/mol. The summed E-state index contributed by atoms with van der Waals surface area (Å²) in [6.07, 6.45) is 2.77. The lowest BCUT2D eigenvalue weighted by Gasteiger charge is -2.21. The van der Waals surface area contributed by atoms with Gasteiger partial charge in [0.1, 0.15) is 5.69 Å². The van der Waals surface area contributed by atoms with Crippen molar-refractivity contribution < 1.29 is 4.79 Å². The highest BCUT2D eigenvalue weighted by Gasteiger charge is 2.15. The number of hydrogen-bond acceptors (Lipinski definition) is 3. The lowest BCUT2D eigenvalue weighted by Crippen LogP contribution is -2.31. The Morgan fingerprint density at radius 1 is 1.17 bits per heavy atom. The van der Waals surface area contributed by atoms with Crippen molar-refractivity contribution in [3.63, 3.8) is 0 Å². The van der Waals surface area contributed by atoms with E-state index < -0.39 is 0 Å². The molecule has 0 radical (unpaired) electrons. The van der Waals surface area contributed by atoms with Crippen molar-refractivity contribution in [2.45, 2.75) is 39.8 Å². The third kappa shape index (κ3) is 4.81. The van der Waals surface area contributed by atoms with Gasteiger partial charge < -0.3 is 10.2 Å². The first-order chi connectivity index (χ1) is 11.1. The van der Waals surface area contributed by atoms with E-state index in [4.69, 9.17) is 0 Å². The second-order valence-corrected chi connectivity index (χ2v) is 5.69. The third-order valence-corrected chi connectivity index (χ3v) is 3.89. The summed E-state index contributed by atoms with van der Waals surface area (Å²) in [7, 11) is 0. The summed E-state index contributed by atoms with van der Waals surface area (Å²) in [4.78, 5) is 18.7. The van der Waals surface area contributed by atoms with Gasteiger partial charge in [-0.25, -0.2) is 4.98 Å². The van der Waals surface area contributed by atoms with Crippen LogP contribution in [0.25, 0.3) is 0 Å². The van der Waals surface area contributed by atoms with Crippen molar-refractivity contribution in [1.29, 1.82) is 0 Å². The molecule has 122 valence electrons. The zero-order valence-corrected chi connectivity index (χ0v) is 14.1. The highest BCUT2D eigenvalue weighted by atomic mass is 16.2. The third-order valence-electron chi connectivity index (χ3n) is 3.89. The van der Waals surface area contributed by atoms with Crippen molar-refractivity contribution >= 4 is 11.6 Å². The van der Waals surface area contributed by atoms with Crippen LogP contribution < -0.4 is 5.32 Å². The van der Waals surface area contributed by atoms with Gasteiger partial charge in [0.25, 0.3) is 5.91 Å². The number of nitrogens with zero attached hydrogens (tertiary/aromatic N) is 2. The zero-order valence-electron chi connectivity index (χ0n) is 14.1. The highest BCUT2D eigenvalue weighted by Crippen LogP contribution is 2.12. The van der Waals surface area contributed by atoms with Crippen molar-refractivity contribution in [2.75, 3.05) is 11.9 Å². The van der Waals surface area contributed by atoms with Crippen LogP contribution in [0.2, 0.25) is 0 Å². The first kappa shape index (κ1) is 17.0. The number of benzene rings is 1. The quantitative estimate of drug-likeness (QED) is 0.842. The van der Waals surface area contributed by atoms with Crippen LogP contribution in [0.1, 0.15) is 43.2 Å². The van der Waals surface area contributed by atoms with Gasteiger partial charge >= 0.3 is 0 Å².